The van der Waals surface area contributed by atoms with Crippen LogP contribution in [0.4, 0.5) is 4.79 Å². The van der Waals surface area contributed by atoms with Crippen LogP contribution in [-0.4, -0.2) is 28.7 Å². The fourth-order valence-corrected chi connectivity index (χ4v) is 2.53. The van der Waals surface area contributed by atoms with Crippen molar-refractivity contribution in [3.8, 4) is 11.3 Å². The summed E-state index contributed by atoms with van der Waals surface area (Å²) < 4.78 is 5.31. The van der Waals surface area contributed by atoms with Crippen LogP contribution in [-0.2, 0) is 6.54 Å². The Morgan fingerprint density at radius 2 is 2.24 bits per heavy atom. The van der Waals surface area contributed by atoms with Gasteiger partial charge in [0.2, 0.25) is 0 Å². The standard InChI is InChI=1S/C16H19N3O2/c1-2-14-8-9-19(14)16(20)17-11-13-10-15(21-18-13)12-6-4-3-5-7-12/h3-7,10,14H,2,8-9,11H2,1H3,(H,17,20). The van der Waals surface area contributed by atoms with Gasteiger partial charge in [-0.15, -0.1) is 0 Å². The van der Waals surface area contributed by atoms with E-state index in [0.717, 1.165) is 36.4 Å². The second-order valence-corrected chi connectivity index (χ2v) is 5.25. The van der Waals surface area contributed by atoms with E-state index in [9.17, 15) is 4.79 Å². The van der Waals surface area contributed by atoms with Crippen LogP contribution in [0.2, 0.25) is 0 Å². The number of likely N-dealkylation sites (tertiary alicyclic amines) is 1. The zero-order chi connectivity index (χ0) is 14.7. The second-order valence-electron chi connectivity index (χ2n) is 5.25. The lowest BCUT2D eigenvalue weighted by Gasteiger charge is -2.40. The summed E-state index contributed by atoms with van der Waals surface area (Å²) in [5.41, 5.74) is 1.71. The molecule has 0 spiro atoms. The van der Waals surface area contributed by atoms with Gasteiger partial charge in [-0.25, -0.2) is 4.79 Å². The SMILES string of the molecule is CCC1CCN1C(=O)NCc1cc(-c2ccccc2)on1. The minimum Gasteiger partial charge on any atom is -0.356 e. The van der Waals surface area contributed by atoms with E-state index < -0.39 is 0 Å². The van der Waals surface area contributed by atoms with E-state index >= 15 is 0 Å². The molecule has 1 fully saturated rings. The molecule has 0 aliphatic carbocycles. The maximum atomic E-state index is 12.0. The lowest BCUT2D eigenvalue weighted by molar-refractivity contribution is 0.112. The molecule has 3 rings (SSSR count). The summed E-state index contributed by atoms with van der Waals surface area (Å²) in [5, 5.41) is 6.89. The fraction of sp³-hybridized carbons (Fsp3) is 0.375. The van der Waals surface area contributed by atoms with Crippen molar-refractivity contribution in [1.29, 1.82) is 0 Å². The number of nitrogens with one attached hydrogen (secondary N) is 1. The molecule has 1 atom stereocenters. The number of aromatic nitrogens is 1. The molecule has 110 valence electrons. The highest BCUT2D eigenvalue weighted by Crippen LogP contribution is 2.21. The molecule has 5 heteroatoms. The number of rotatable bonds is 4. The molecule has 2 amide bonds. The van der Waals surface area contributed by atoms with Crippen LogP contribution in [0.15, 0.2) is 40.9 Å². The Morgan fingerprint density at radius 3 is 2.90 bits per heavy atom. The van der Waals surface area contributed by atoms with Crippen molar-refractivity contribution in [2.75, 3.05) is 6.54 Å². The second kappa shape index (κ2) is 5.99. The van der Waals surface area contributed by atoms with E-state index in [-0.39, 0.29) is 6.03 Å². The molecular weight excluding hydrogens is 266 g/mol. The van der Waals surface area contributed by atoms with Crippen molar-refractivity contribution in [3.05, 3.63) is 42.1 Å². The Labute approximate surface area is 123 Å². The van der Waals surface area contributed by atoms with E-state index in [1.165, 1.54) is 0 Å². The summed E-state index contributed by atoms with van der Waals surface area (Å²) in [6.07, 6.45) is 2.11. The molecule has 5 nitrogen and oxygen atoms in total. The highest BCUT2D eigenvalue weighted by atomic mass is 16.5. The van der Waals surface area contributed by atoms with Gasteiger partial charge in [-0.2, -0.15) is 0 Å². The van der Waals surface area contributed by atoms with Crippen LogP contribution in [0.1, 0.15) is 25.5 Å². The Balaban J connectivity index is 1.57. The lowest BCUT2D eigenvalue weighted by Crippen LogP contribution is -2.54. The predicted octanol–water partition coefficient (Wildman–Crippen LogP) is 3.04. The number of hydrogen-bond acceptors (Lipinski definition) is 3. The minimum atomic E-state index is -0.0163. The predicted molar refractivity (Wildman–Crippen MR) is 79.6 cm³/mol. The third-order valence-corrected chi connectivity index (χ3v) is 3.91. The molecule has 1 aromatic carbocycles. The quantitative estimate of drug-likeness (QED) is 0.939. The van der Waals surface area contributed by atoms with Crippen LogP contribution in [0.25, 0.3) is 11.3 Å². The Bertz CT molecular complexity index is 607. The number of urea groups is 1. The summed E-state index contributed by atoms with van der Waals surface area (Å²) in [6, 6.07) is 12.0. The minimum absolute atomic E-state index is 0.0163. The van der Waals surface area contributed by atoms with Gasteiger partial charge in [0.25, 0.3) is 0 Å². The average molecular weight is 285 g/mol. The largest absolute Gasteiger partial charge is 0.356 e. The number of carbonyl (C=O) groups is 1. The number of benzene rings is 1. The molecular formula is C16H19N3O2. The van der Waals surface area contributed by atoms with Crippen LogP contribution in [0, 0.1) is 0 Å². The van der Waals surface area contributed by atoms with Crippen molar-refractivity contribution in [3.63, 3.8) is 0 Å². The third kappa shape index (κ3) is 2.91. The van der Waals surface area contributed by atoms with Crippen molar-refractivity contribution in [1.82, 2.24) is 15.4 Å². The van der Waals surface area contributed by atoms with Gasteiger partial charge in [0.05, 0.1) is 6.54 Å². The van der Waals surface area contributed by atoms with Crippen LogP contribution < -0.4 is 5.32 Å². The summed E-state index contributed by atoms with van der Waals surface area (Å²) in [4.78, 5) is 13.9. The summed E-state index contributed by atoms with van der Waals surface area (Å²) in [5.74, 6) is 0.718. The van der Waals surface area contributed by atoms with Crippen LogP contribution in [0.5, 0.6) is 0 Å². The Hall–Kier alpha value is -2.30. The topological polar surface area (TPSA) is 58.4 Å². The smallest absolute Gasteiger partial charge is 0.317 e. The van der Waals surface area contributed by atoms with Crippen molar-refractivity contribution in [2.45, 2.75) is 32.4 Å². The van der Waals surface area contributed by atoms with E-state index in [1.54, 1.807) is 0 Å². The first-order valence-corrected chi connectivity index (χ1v) is 7.33. The van der Waals surface area contributed by atoms with Crippen LogP contribution >= 0.6 is 0 Å². The number of amides is 2. The van der Waals surface area contributed by atoms with Crippen molar-refractivity contribution in [2.24, 2.45) is 0 Å². The van der Waals surface area contributed by atoms with Gasteiger partial charge < -0.3 is 14.7 Å². The third-order valence-electron chi connectivity index (χ3n) is 3.91. The highest BCUT2D eigenvalue weighted by molar-refractivity contribution is 5.75. The molecule has 1 aromatic heterocycles. The van der Waals surface area contributed by atoms with E-state index in [1.807, 2.05) is 41.3 Å². The molecule has 0 saturated carbocycles. The van der Waals surface area contributed by atoms with E-state index in [4.69, 9.17) is 4.52 Å². The lowest BCUT2D eigenvalue weighted by atomic mass is 10.0. The molecule has 1 aliphatic heterocycles. The van der Waals surface area contributed by atoms with Gasteiger partial charge in [0.15, 0.2) is 5.76 Å². The summed E-state index contributed by atoms with van der Waals surface area (Å²) in [6.45, 7) is 3.34. The fourth-order valence-electron chi connectivity index (χ4n) is 2.53. The summed E-state index contributed by atoms with van der Waals surface area (Å²) >= 11 is 0. The number of hydrogen-bond donors (Lipinski definition) is 1. The van der Waals surface area contributed by atoms with Crippen molar-refractivity contribution < 1.29 is 9.32 Å². The Morgan fingerprint density at radius 1 is 1.43 bits per heavy atom. The van der Waals surface area contributed by atoms with Gasteiger partial charge >= 0.3 is 6.03 Å². The molecule has 0 bridgehead atoms. The molecule has 1 aliphatic rings. The Kier molecular flexibility index (Phi) is 3.90. The van der Waals surface area contributed by atoms with Crippen molar-refractivity contribution >= 4 is 6.03 Å². The summed E-state index contributed by atoms with van der Waals surface area (Å²) in [7, 11) is 0. The van der Waals surface area contributed by atoms with Gasteiger partial charge in [0.1, 0.15) is 5.69 Å². The molecule has 2 heterocycles. The molecule has 1 saturated heterocycles. The van der Waals surface area contributed by atoms with Gasteiger partial charge in [-0.1, -0.05) is 42.4 Å². The first kappa shape index (κ1) is 13.7. The molecule has 0 radical (unpaired) electrons. The van der Waals surface area contributed by atoms with Gasteiger partial charge in [-0.3, -0.25) is 0 Å². The van der Waals surface area contributed by atoms with Crippen LogP contribution in [0.3, 0.4) is 0 Å². The molecule has 2 aromatic rings. The number of nitrogens with zero attached hydrogens (tertiary/aromatic N) is 2. The monoisotopic (exact) mass is 285 g/mol. The highest BCUT2D eigenvalue weighted by Gasteiger charge is 2.30. The molecule has 1 unspecified atom stereocenters. The zero-order valence-electron chi connectivity index (χ0n) is 12.1. The van der Waals surface area contributed by atoms with Gasteiger partial charge in [0, 0.05) is 24.2 Å². The zero-order valence-corrected chi connectivity index (χ0v) is 12.1. The molecule has 21 heavy (non-hydrogen) atoms. The van der Waals surface area contributed by atoms with Gasteiger partial charge in [-0.05, 0) is 12.8 Å². The first-order valence-electron chi connectivity index (χ1n) is 7.33. The molecule has 1 N–H and O–H groups in total. The normalized spacial score (nSPS) is 17.4. The maximum absolute atomic E-state index is 12.0. The van der Waals surface area contributed by atoms with E-state index in [2.05, 4.69) is 17.4 Å². The number of carbonyl (C=O) groups excluding carboxylic acids is 1. The van der Waals surface area contributed by atoms with E-state index in [0.29, 0.717) is 12.6 Å². The maximum Gasteiger partial charge on any atom is 0.317 e. The average Bonchev–Trinajstić information content (AvgIpc) is 2.94. The first-order chi connectivity index (χ1) is 10.3.